The van der Waals surface area contributed by atoms with Crippen molar-refractivity contribution in [1.29, 1.82) is 0 Å². The molecule has 0 fully saturated rings. The third-order valence-electron chi connectivity index (χ3n) is 2.11. The maximum Gasteiger partial charge on any atom is 0.323 e. The van der Waals surface area contributed by atoms with Crippen LogP contribution in [0.25, 0.3) is 11.0 Å². The number of aryl methyl sites for hydroxylation is 1. The van der Waals surface area contributed by atoms with Gasteiger partial charge in [-0.15, -0.1) is 0 Å². The Morgan fingerprint density at radius 3 is 2.57 bits per heavy atom. The fraction of sp³-hybridized carbons (Fsp3) is 0.300. The van der Waals surface area contributed by atoms with E-state index in [0.717, 1.165) is 22.3 Å². The van der Waals surface area contributed by atoms with Gasteiger partial charge in [0.1, 0.15) is 5.75 Å². The summed E-state index contributed by atoms with van der Waals surface area (Å²) in [7, 11) is 0. The first-order valence-electron chi connectivity index (χ1n) is 4.56. The molecular formula is C10H12N2O2. The van der Waals surface area contributed by atoms with Gasteiger partial charge >= 0.3 is 5.69 Å². The van der Waals surface area contributed by atoms with Gasteiger partial charge in [-0.3, -0.25) is 0 Å². The van der Waals surface area contributed by atoms with Gasteiger partial charge in [-0.2, -0.15) is 0 Å². The molecular weight excluding hydrogens is 180 g/mol. The molecule has 4 heteroatoms. The van der Waals surface area contributed by atoms with Crippen LogP contribution in [0.3, 0.4) is 0 Å². The lowest BCUT2D eigenvalue weighted by Gasteiger charge is -2.05. The molecule has 0 amide bonds. The molecule has 1 aromatic carbocycles. The molecule has 0 bridgehead atoms. The van der Waals surface area contributed by atoms with Gasteiger partial charge in [-0.1, -0.05) is 0 Å². The van der Waals surface area contributed by atoms with Crippen LogP contribution in [0.5, 0.6) is 5.75 Å². The quantitative estimate of drug-likeness (QED) is 0.758. The van der Waals surface area contributed by atoms with Crippen LogP contribution < -0.4 is 10.4 Å². The van der Waals surface area contributed by atoms with Gasteiger partial charge in [0.15, 0.2) is 0 Å². The summed E-state index contributed by atoms with van der Waals surface area (Å²) in [6.07, 6.45) is 0. The van der Waals surface area contributed by atoms with E-state index in [-0.39, 0.29) is 5.69 Å². The number of hydrogen-bond acceptors (Lipinski definition) is 2. The Morgan fingerprint density at radius 2 is 1.93 bits per heavy atom. The van der Waals surface area contributed by atoms with Crippen LogP contribution in [-0.4, -0.2) is 16.6 Å². The number of nitrogens with one attached hydrogen (secondary N) is 2. The lowest BCUT2D eigenvalue weighted by molar-refractivity contribution is 0.338. The van der Waals surface area contributed by atoms with Crippen LogP contribution in [0.2, 0.25) is 0 Å². The van der Waals surface area contributed by atoms with Gasteiger partial charge in [0.05, 0.1) is 17.6 Å². The molecule has 2 N–H and O–H groups in total. The molecule has 0 aliphatic carbocycles. The zero-order valence-corrected chi connectivity index (χ0v) is 8.18. The maximum atomic E-state index is 11.0. The van der Waals surface area contributed by atoms with Gasteiger partial charge in [-0.25, -0.2) is 4.79 Å². The number of rotatable bonds is 2. The minimum atomic E-state index is -0.187. The van der Waals surface area contributed by atoms with Crippen molar-refractivity contribution >= 4 is 11.0 Å². The van der Waals surface area contributed by atoms with Crippen molar-refractivity contribution in [3.05, 3.63) is 28.2 Å². The highest BCUT2D eigenvalue weighted by Crippen LogP contribution is 2.22. The molecule has 0 saturated carbocycles. The molecule has 4 nitrogen and oxygen atoms in total. The second-order valence-electron chi connectivity index (χ2n) is 3.18. The number of benzene rings is 1. The van der Waals surface area contributed by atoms with Crippen LogP contribution >= 0.6 is 0 Å². The van der Waals surface area contributed by atoms with E-state index in [1.165, 1.54) is 0 Å². The Hall–Kier alpha value is -1.71. The van der Waals surface area contributed by atoms with E-state index in [1.54, 1.807) is 0 Å². The van der Waals surface area contributed by atoms with E-state index in [0.29, 0.717) is 6.61 Å². The number of fused-ring (bicyclic) bond motifs is 1. The summed E-state index contributed by atoms with van der Waals surface area (Å²) >= 11 is 0. The summed E-state index contributed by atoms with van der Waals surface area (Å²) in [6.45, 7) is 4.51. The van der Waals surface area contributed by atoms with Crippen molar-refractivity contribution in [3.63, 3.8) is 0 Å². The molecule has 0 radical (unpaired) electrons. The molecule has 0 aliphatic heterocycles. The SMILES string of the molecule is CCOc1cc2[nH]c(=O)[nH]c2cc1C. The van der Waals surface area contributed by atoms with Gasteiger partial charge in [0.25, 0.3) is 0 Å². The summed E-state index contributed by atoms with van der Waals surface area (Å²) in [5, 5.41) is 0. The number of aromatic nitrogens is 2. The Balaban J connectivity index is 2.63. The average Bonchev–Trinajstić information content (AvgIpc) is 2.45. The minimum absolute atomic E-state index is 0.187. The highest BCUT2D eigenvalue weighted by atomic mass is 16.5. The second-order valence-corrected chi connectivity index (χ2v) is 3.18. The number of H-pyrrole nitrogens is 2. The Bertz CT molecular complexity index is 510. The molecule has 0 atom stereocenters. The molecule has 0 saturated heterocycles. The standard InChI is InChI=1S/C10H12N2O2/c1-3-14-9-5-8-7(4-6(9)2)11-10(13)12-8/h4-5H,3H2,1-2H3,(H2,11,12,13). The Morgan fingerprint density at radius 1 is 1.29 bits per heavy atom. The van der Waals surface area contributed by atoms with Gasteiger partial charge in [0.2, 0.25) is 0 Å². The van der Waals surface area contributed by atoms with Crippen molar-refractivity contribution in [1.82, 2.24) is 9.97 Å². The van der Waals surface area contributed by atoms with E-state index >= 15 is 0 Å². The zero-order chi connectivity index (χ0) is 10.1. The molecule has 14 heavy (non-hydrogen) atoms. The highest BCUT2D eigenvalue weighted by Gasteiger charge is 2.04. The number of imidazole rings is 1. The summed E-state index contributed by atoms with van der Waals surface area (Å²) in [4.78, 5) is 16.4. The second kappa shape index (κ2) is 3.21. The van der Waals surface area contributed by atoms with E-state index in [9.17, 15) is 4.79 Å². The normalized spacial score (nSPS) is 10.7. The van der Waals surface area contributed by atoms with E-state index < -0.39 is 0 Å². The first-order valence-corrected chi connectivity index (χ1v) is 4.56. The zero-order valence-electron chi connectivity index (χ0n) is 8.18. The third kappa shape index (κ3) is 1.39. The van der Waals surface area contributed by atoms with E-state index in [2.05, 4.69) is 9.97 Å². The predicted octanol–water partition coefficient (Wildman–Crippen LogP) is 1.56. The lowest BCUT2D eigenvalue weighted by atomic mass is 10.2. The Kier molecular flexibility index (Phi) is 2.04. The van der Waals surface area contributed by atoms with Crippen molar-refractivity contribution in [2.75, 3.05) is 6.61 Å². The molecule has 1 aromatic heterocycles. The molecule has 0 unspecified atom stereocenters. The van der Waals surface area contributed by atoms with Crippen molar-refractivity contribution < 1.29 is 4.74 Å². The van der Waals surface area contributed by atoms with Crippen LogP contribution in [0.4, 0.5) is 0 Å². The summed E-state index contributed by atoms with van der Waals surface area (Å²) < 4.78 is 5.42. The summed E-state index contributed by atoms with van der Waals surface area (Å²) in [5.74, 6) is 0.815. The van der Waals surface area contributed by atoms with Crippen molar-refractivity contribution in [2.24, 2.45) is 0 Å². The van der Waals surface area contributed by atoms with Crippen LogP contribution in [0.15, 0.2) is 16.9 Å². The Labute approximate surface area is 80.9 Å². The van der Waals surface area contributed by atoms with Gasteiger partial charge in [0, 0.05) is 6.07 Å². The maximum absolute atomic E-state index is 11.0. The van der Waals surface area contributed by atoms with Crippen molar-refractivity contribution in [3.8, 4) is 5.75 Å². The van der Waals surface area contributed by atoms with Crippen LogP contribution in [-0.2, 0) is 0 Å². The van der Waals surface area contributed by atoms with Gasteiger partial charge < -0.3 is 14.7 Å². The number of hydrogen-bond donors (Lipinski definition) is 2. The lowest BCUT2D eigenvalue weighted by Crippen LogP contribution is -1.99. The molecule has 2 aromatic rings. The molecule has 0 spiro atoms. The molecule has 2 rings (SSSR count). The first-order chi connectivity index (χ1) is 6.70. The third-order valence-corrected chi connectivity index (χ3v) is 2.11. The van der Waals surface area contributed by atoms with Gasteiger partial charge in [-0.05, 0) is 25.5 Å². The van der Waals surface area contributed by atoms with Crippen molar-refractivity contribution in [2.45, 2.75) is 13.8 Å². The molecule has 74 valence electrons. The monoisotopic (exact) mass is 192 g/mol. The van der Waals surface area contributed by atoms with Crippen LogP contribution in [0, 0.1) is 6.92 Å². The van der Waals surface area contributed by atoms with Crippen LogP contribution in [0.1, 0.15) is 12.5 Å². The molecule has 0 aliphatic rings. The molecule has 1 heterocycles. The fourth-order valence-corrected chi connectivity index (χ4v) is 1.48. The topological polar surface area (TPSA) is 57.9 Å². The summed E-state index contributed by atoms with van der Waals surface area (Å²) in [5.41, 5.74) is 2.43. The number of ether oxygens (including phenoxy) is 1. The fourth-order valence-electron chi connectivity index (χ4n) is 1.48. The highest BCUT2D eigenvalue weighted by molar-refractivity contribution is 5.77. The predicted molar refractivity (Wildman–Crippen MR) is 54.8 cm³/mol. The minimum Gasteiger partial charge on any atom is -0.494 e. The van der Waals surface area contributed by atoms with E-state index in [1.807, 2.05) is 26.0 Å². The average molecular weight is 192 g/mol. The van der Waals surface area contributed by atoms with E-state index in [4.69, 9.17) is 4.74 Å². The number of aromatic amines is 2. The first kappa shape index (κ1) is 8.87. The summed E-state index contributed by atoms with van der Waals surface area (Å²) in [6, 6.07) is 3.74. The largest absolute Gasteiger partial charge is 0.494 e. The smallest absolute Gasteiger partial charge is 0.323 e.